The van der Waals surface area contributed by atoms with E-state index in [-0.39, 0.29) is 12.4 Å². The lowest BCUT2D eigenvalue weighted by Gasteiger charge is -2.04. The van der Waals surface area contributed by atoms with E-state index in [9.17, 15) is 0 Å². The van der Waals surface area contributed by atoms with Crippen LogP contribution in [0.2, 0.25) is 0 Å². The molecule has 1 aromatic heterocycles. The summed E-state index contributed by atoms with van der Waals surface area (Å²) in [5.74, 6) is 1.38. The Morgan fingerprint density at radius 1 is 0.778 bits per heavy atom. The summed E-state index contributed by atoms with van der Waals surface area (Å²) in [5, 5.41) is 0. The molecule has 0 radical (unpaired) electrons. The van der Waals surface area contributed by atoms with E-state index in [0.29, 0.717) is 0 Å². The van der Waals surface area contributed by atoms with Gasteiger partial charge in [-0.25, -0.2) is 9.13 Å². The molecule has 0 aliphatic rings. The zero-order chi connectivity index (χ0) is 18.6. The predicted molar refractivity (Wildman–Crippen MR) is 111 cm³/mol. The van der Waals surface area contributed by atoms with Gasteiger partial charge in [0, 0.05) is 13.8 Å². The first-order valence-electron chi connectivity index (χ1n) is 10.8. The van der Waals surface area contributed by atoms with Crippen molar-refractivity contribution in [3.63, 3.8) is 0 Å². The van der Waals surface area contributed by atoms with Crippen LogP contribution in [0.5, 0.6) is 0 Å². The van der Waals surface area contributed by atoms with E-state index >= 15 is 0 Å². The molecule has 0 atom stereocenters. The van der Waals surface area contributed by atoms with Crippen LogP contribution in [0.1, 0.15) is 88.2 Å². The van der Waals surface area contributed by atoms with Crippen LogP contribution < -0.4 is 17.0 Å². The smallest absolute Gasteiger partial charge is 0.253 e. The van der Waals surface area contributed by atoms with E-state index in [2.05, 4.69) is 66.4 Å². The van der Waals surface area contributed by atoms with Crippen LogP contribution in [0.3, 0.4) is 0 Å². The molecule has 2 rings (SSSR count). The third kappa shape index (κ3) is 8.51. The first kappa shape index (κ1) is 23.8. The van der Waals surface area contributed by atoms with Gasteiger partial charge in [0.15, 0.2) is 0 Å². The van der Waals surface area contributed by atoms with Gasteiger partial charge in [-0.3, -0.25) is 0 Å². The van der Waals surface area contributed by atoms with Gasteiger partial charge in [-0.2, -0.15) is 0 Å². The van der Waals surface area contributed by atoms with Gasteiger partial charge >= 0.3 is 0 Å². The number of halogens is 1. The fraction of sp³-hybridized carbons (Fsp3) is 0.625. The van der Waals surface area contributed by atoms with Crippen molar-refractivity contribution >= 4 is 0 Å². The molecular formula is C24H39ClN2. The Hall–Kier alpha value is -1.28. The lowest BCUT2D eigenvalue weighted by molar-refractivity contribution is -0.708. The molecule has 0 aliphatic heterocycles. The molecule has 0 amide bonds. The van der Waals surface area contributed by atoms with Gasteiger partial charge in [-0.15, -0.1) is 0 Å². The third-order valence-corrected chi connectivity index (χ3v) is 5.51. The van der Waals surface area contributed by atoms with Crippen molar-refractivity contribution in [1.82, 2.24) is 4.57 Å². The van der Waals surface area contributed by atoms with Gasteiger partial charge in [0.25, 0.3) is 5.82 Å². The standard InChI is InChI=1S/C24H39N2.ClH/c1-4-5-6-7-8-9-10-11-12-16-19-26-22(2)20-25(23(26)3)21-24-17-14-13-15-18-24;/h13-15,17-18,20H,4-12,16,19,21H2,1-3H3;1H/q+1;/p-1. The lowest BCUT2D eigenvalue weighted by atomic mass is 10.1. The first-order chi connectivity index (χ1) is 12.7. The lowest BCUT2D eigenvalue weighted by Crippen LogP contribution is -3.00. The second-order valence-corrected chi connectivity index (χ2v) is 7.76. The second-order valence-electron chi connectivity index (χ2n) is 7.76. The SMILES string of the molecule is CCCCCCCCCCCC[n+]1c(C)cn(Cc2ccccc2)c1C.[Cl-]. The summed E-state index contributed by atoms with van der Waals surface area (Å²) in [7, 11) is 0. The maximum Gasteiger partial charge on any atom is 0.253 e. The number of hydrogen-bond donors (Lipinski definition) is 0. The summed E-state index contributed by atoms with van der Waals surface area (Å²) in [5.41, 5.74) is 2.76. The van der Waals surface area contributed by atoms with E-state index in [1.165, 1.54) is 81.3 Å². The van der Waals surface area contributed by atoms with Crippen molar-refractivity contribution in [2.24, 2.45) is 0 Å². The third-order valence-electron chi connectivity index (χ3n) is 5.51. The van der Waals surface area contributed by atoms with Gasteiger partial charge in [0.05, 0.1) is 6.54 Å². The van der Waals surface area contributed by atoms with Crippen LogP contribution in [0.4, 0.5) is 0 Å². The zero-order valence-electron chi connectivity index (χ0n) is 17.7. The summed E-state index contributed by atoms with van der Waals surface area (Å²) in [6.07, 6.45) is 16.3. The minimum Gasteiger partial charge on any atom is -1.00 e. The molecule has 2 nitrogen and oxygen atoms in total. The molecule has 0 saturated carbocycles. The van der Waals surface area contributed by atoms with Crippen LogP contribution in [0.25, 0.3) is 0 Å². The van der Waals surface area contributed by atoms with Gasteiger partial charge < -0.3 is 12.4 Å². The zero-order valence-corrected chi connectivity index (χ0v) is 18.5. The van der Waals surface area contributed by atoms with Gasteiger partial charge in [0.1, 0.15) is 18.4 Å². The minimum atomic E-state index is 0. The molecular weight excluding hydrogens is 352 g/mol. The predicted octanol–water partition coefficient (Wildman–Crippen LogP) is 3.37. The van der Waals surface area contributed by atoms with Crippen molar-refractivity contribution < 1.29 is 17.0 Å². The van der Waals surface area contributed by atoms with Crippen molar-refractivity contribution in [2.45, 2.75) is 98.1 Å². The Morgan fingerprint density at radius 2 is 1.33 bits per heavy atom. The second kappa shape index (κ2) is 13.8. The number of aryl methyl sites for hydroxylation is 1. The molecule has 0 fully saturated rings. The Balaban J connectivity index is 0.00000364. The van der Waals surface area contributed by atoms with Crippen molar-refractivity contribution in [3.05, 3.63) is 53.6 Å². The normalized spacial score (nSPS) is 10.8. The molecule has 0 aliphatic carbocycles. The molecule has 0 spiro atoms. The number of nitrogens with zero attached hydrogens (tertiary/aromatic N) is 2. The maximum absolute atomic E-state index is 2.49. The van der Waals surface area contributed by atoms with Crippen molar-refractivity contribution in [1.29, 1.82) is 0 Å². The average molecular weight is 391 g/mol. The number of unbranched alkanes of at least 4 members (excludes halogenated alkanes) is 9. The molecule has 0 N–H and O–H groups in total. The van der Waals surface area contributed by atoms with Crippen LogP contribution in [0, 0.1) is 13.8 Å². The highest BCUT2D eigenvalue weighted by Crippen LogP contribution is 2.11. The summed E-state index contributed by atoms with van der Waals surface area (Å²) in [6.45, 7) is 8.92. The van der Waals surface area contributed by atoms with E-state index in [4.69, 9.17) is 0 Å². The summed E-state index contributed by atoms with van der Waals surface area (Å²) in [4.78, 5) is 0. The van der Waals surface area contributed by atoms with Gasteiger partial charge in [-0.1, -0.05) is 88.6 Å². The first-order valence-corrected chi connectivity index (χ1v) is 10.8. The fourth-order valence-electron chi connectivity index (χ4n) is 3.83. The number of hydrogen-bond acceptors (Lipinski definition) is 0. The fourth-order valence-corrected chi connectivity index (χ4v) is 3.83. The molecule has 27 heavy (non-hydrogen) atoms. The van der Waals surface area contributed by atoms with Crippen molar-refractivity contribution in [3.8, 4) is 0 Å². The van der Waals surface area contributed by atoms with E-state index in [1.807, 2.05) is 0 Å². The number of imidazole rings is 1. The molecule has 1 heterocycles. The topological polar surface area (TPSA) is 8.81 Å². The summed E-state index contributed by atoms with van der Waals surface area (Å²) in [6, 6.07) is 10.8. The molecule has 1 aromatic carbocycles. The minimum absolute atomic E-state index is 0. The summed E-state index contributed by atoms with van der Waals surface area (Å²) >= 11 is 0. The van der Waals surface area contributed by atoms with Gasteiger partial charge in [0.2, 0.25) is 0 Å². The molecule has 0 saturated heterocycles. The Labute approximate surface area is 173 Å². The maximum atomic E-state index is 2.49. The van der Waals surface area contributed by atoms with Gasteiger partial charge in [-0.05, 0) is 18.4 Å². The molecule has 0 bridgehead atoms. The van der Waals surface area contributed by atoms with Crippen LogP contribution >= 0.6 is 0 Å². The Morgan fingerprint density at radius 3 is 1.93 bits per heavy atom. The van der Waals surface area contributed by atoms with Crippen LogP contribution in [-0.4, -0.2) is 4.57 Å². The highest BCUT2D eigenvalue weighted by Gasteiger charge is 2.16. The largest absolute Gasteiger partial charge is 1.00 e. The molecule has 152 valence electrons. The monoisotopic (exact) mass is 390 g/mol. The molecule has 0 unspecified atom stereocenters. The Bertz CT molecular complexity index is 619. The number of rotatable bonds is 13. The Kier molecular flexibility index (Phi) is 12.2. The van der Waals surface area contributed by atoms with Crippen LogP contribution in [-0.2, 0) is 13.1 Å². The molecule has 3 heteroatoms. The molecule has 2 aromatic rings. The average Bonchev–Trinajstić information content (AvgIpc) is 2.91. The van der Waals surface area contributed by atoms with E-state index in [0.717, 1.165) is 13.1 Å². The summed E-state index contributed by atoms with van der Waals surface area (Å²) < 4.78 is 4.88. The van der Waals surface area contributed by atoms with Crippen molar-refractivity contribution in [2.75, 3.05) is 0 Å². The number of aromatic nitrogens is 2. The highest BCUT2D eigenvalue weighted by molar-refractivity contribution is 5.15. The van der Waals surface area contributed by atoms with Crippen LogP contribution in [0.15, 0.2) is 36.5 Å². The number of benzene rings is 1. The quantitative estimate of drug-likeness (QED) is 0.366. The van der Waals surface area contributed by atoms with E-state index in [1.54, 1.807) is 0 Å². The van der Waals surface area contributed by atoms with E-state index < -0.39 is 0 Å². The highest BCUT2D eigenvalue weighted by atomic mass is 35.5.